The van der Waals surface area contributed by atoms with E-state index in [1.54, 1.807) is 0 Å². The Morgan fingerprint density at radius 2 is 1.76 bits per heavy atom. The van der Waals surface area contributed by atoms with Gasteiger partial charge in [-0.1, -0.05) is 27.7 Å². The second-order valence-electron chi connectivity index (χ2n) is 7.35. The fourth-order valence-corrected chi connectivity index (χ4v) is 3.78. The van der Waals surface area contributed by atoms with Gasteiger partial charge in [-0.15, -0.1) is 0 Å². The first-order chi connectivity index (χ1) is 7.80. The fourth-order valence-electron chi connectivity index (χ4n) is 3.78. The minimum Gasteiger partial charge on any atom is -0.317 e. The monoisotopic (exact) mass is 238 g/mol. The molecule has 0 aromatic heterocycles. The molecule has 0 aromatic rings. The number of rotatable bonds is 3. The van der Waals surface area contributed by atoms with Gasteiger partial charge in [0.2, 0.25) is 0 Å². The molecule has 2 atom stereocenters. The Bertz CT molecular complexity index is 269. The topological polar surface area (TPSA) is 15.3 Å². The molecule has 17 heavy (non-hydrogen) atoms. The molecule has 2 aliphatic rings. The van der Waals surface area contributed by atoms with E-state index in [9.17, 15) is 0 Å². The number of nitrogens with zero attached hydrogens (tertiary/aromatic N) is 1. The lowest BCUT2D eigenvalue weighted by Crippen LogP contribution is -2.47. The van der Waals surface area contributed by atoms with Crippen LogP contribution in [-0.4, -0.2) is 37.1 Å². The summed E-state index contributed by atoms with van der Waals surface area (Å²) in [5.41, 5.74) is 1.07. The van der Waals surface area contributed by atoms with Crippen molar-refractivity contribution in [2.45, 2.75) is 59.5 Å². The summed E-state index contributed by atoms with van der Waals surface area (Å²) < 4.78 is 0. The Kier molecular flexibility index (Phi) is 3.33. The maximum atomic E-state index is 3.43. The number of likely N-dealkylation sites (tertiary alicyclic amines) is 1. The zero-order valence-corrected chi connectivity index (χ0v) is 12.5. The Morgan fingerprint density at radius 1 is 1.18 bits per heavy atom. The SMILES string of the molecule is CNC1CCN(CC2C(C)(C)C2(C)C)C(C)C1. The van der Waals surface area contributed by atoms with Crippen molar-refractivity contribution >= 4 is 0 Å². The smallest absolute Gasteiger partial charge is 0.00910 e. The van der Waals surface area contributed by atoms with Crippen molar-refractivity contribution in [1.82, 2.24) is 10.2 Å². The molecule has 1 heterocycles. The van der Waals surface area contributed by atoms with Gasteiger partial charge in [0, 0.05) is 18.6 Å². The highest BCUT2D eigenvalue weighted by atomic mass is 15.2. The van der Waals surface area contributed by atoms with Gasteiger partial charge in [0.05, 0.1) is 0 Å². The second-order valence-corrected chi connectivity index (χ2v) is 7.35. The lowest BCUT2D eigenvalue weighted by Gasteiger charge is -2.38. The summed E-state index contributed by atoms with van der Waals surface area (Å²) in [4.78, 5) is 2.72. The van der Waals surface area contributed by atoms with Gasteiger partial charge in [0.25, 0.3) is 0 Å². The van der Waals surface area contributed by atoms with Crippen molar-refractivity contribution in [3.05, 3.63) is 0 Å². The molecular weight excluding hydrogens is 208 g/mol. The van der Waals surface area contributed by atoms with E-state index in [1.165, 1.54) is 25.9 Å². The number of nitrogens with one attached hydrogen (secondary N) is 1. The van der Waals surface area contributed by atoms with Crippen molar-refractivity contribution in [2.75, 3.05) is 20.1 Å². The predicted molar refractivity (Wildman–Crippen MR) is 74.2 cm³/mol. The van der Waals surface area contributed by atoms with Crippen LogP contribution in [0.2, 0.25) is 0 Å². The second kappa shape index (κ2) is 4.24. The average Bonchev–Trinajstić information content (AvgIpc) is 2.63. The highest BCUT2D eigenvalue weighted by molar-refractivity contribution is 5.13. The van der Waals surface area contributed by atoms with Gasteiger partial charge < -0.3 is 10.2 Å². The Morgan fingerprint density at radius 3 is 2.18 bits per heavy atom. The summed E-state index contributed by atoms with van der Waals surface area (Å²) in [5.74, 6) is 0.878. The van der Waals surface area contributed by atoms with Crippen LogP contribution in [0.5, 0.6) is 0 Å². The summed E-state index contributed by atoms with van der Waals surface area (Å²) in [6, 6.07) is 1.48. The largest absolute Gasteiger partial charge is 0.317 e. The van der Waals surface area contributed by atoms with E-state index in [1.807, 2.05) is 0 Å². The molecule has 1 saturated carbocycles. The fraction of sp³-hybridized carbons (Fsp3) is 1.00. The van der Waals surface area contributed by atoms with Gasteiger partial charge in [-0.05, 0) is 50.1 Å². The molecule has 1 aliphatic heterocycles. The zero-order valence-electron chi connectivity index (χ0n) is 12.5. The van der Waals surface area contributed by atoms with Crippen molar-refractivity contribution in [1.29, 1.82) is 0 Å². The molecule has 1 N–H and O–H groups in total. The van der Waals surface area contributed by atoms with Crippen LogP contribution >= 0.6 is 0 Å². The lowest BCUT2D eigenvalue weighted by molar-refractivity contribution is 0.125. The van der Waals surface area contributed by atoms with Crippen LogP contribution in [0.4, 0.5) is 0 Å². The highest BCUT2D eigenvalue weighted by Crippen LogP contribution is 2.68. The molecule has 0 bridgehead atoms. The van der Waals surface area contributed by atoms with Gasteiger partial charge in [-0.3, -0.25) is 0 Å². The molecular formula is C15H30N2. The van der Waals surface area contributed by atoms with Gasteiger partial charge in [0.1, 0.15) is 0 Å². The molecule has 1 saturated heterocycles. The molecule has 100 valence electrons. The number of hydrogen-bond donors (Lipinski definition) is 1. The summed E-state index contributed by atoms with van der Waals surface area (Å²) in [6.07, 6.45) is 2.62. The Hall–Kier alpha value is -0.0800. The van der Waals surface area contributed by atoms with E-state index in [0.29, 0.717) is 10.8 Å². The average molecular weight is 238 g/mol. The van der Waals surface area contributed by atoms with Gasteiger partial charge in [-0.25, -0.2) is 0 Å². The van der Waals surface area contributed by atoms with E-state index in [-0.39, 0.29) is 0 Å². The van der Waals surface area contributed by atoms with Crippen molar-refractivity contribution in [3.8, 4) is 0 Å². The Labute approximate surface area is 107 Å². The highest BCUT2D eigenvalue weighted by Gasteiger charge is 2.64. The van der Waals surface area contributed by atoms with E-state index in [0.717, 1.165) is 18.0 Å². The van der Waals surface area contributed by atoms with Crippen molar-refractivity contribution in [2.24, 2.45) is 16.7 Å². The lowest BCUT2D eigenvalue weighted by atomic mass is 9.97. The van der Waals surface area contributed by atoms with Crippen LogP contribution in [0.25, 0.3) is 0 Å². The molecule has 2 fully saturated rings. The first-order valence-corrected chi connectivity index (χ1v) is 7.22. The van der Waals surface area contributed by atoms with Crippen LogP contribution in [-0.2, 0) is 0 Å². The molecule has 2 rings (SSSR count). The molecule has 1 aliphatic carbocycles. The zero-order chi connectivity index (χ0) is 12.8. The van der Waals surface area contributed by atoms with Gasteiger partial charge in [0.15, 0.2) is 0 Å². The standard InChI is InChI=1S/C15H30N2/c1-11-9-12(16-6)7-8-17(11)10-13-14(2,3)15(13,4)5/h11-13,16H,7-10H2,1-6H3. The van der Waals surface area contributed by atoms with Gasteiger partial charge >= 0.3 is 0 Å². The summed E-state index contributed by atoms with van der Waals surface area (Å²) in [6.45, 7) is 14.7. The van der Waals surface area contributed by atoms with E-state index < -0.39 is 0 Å². The van der Waals surface area contributed by atoms with E-state index in [4.69, 9.17) is 0 Å². The van der Waals surface area contributed by atoms with Crippen LogP contribution in [0.1, 0.15) is 47.5 Å². The van der Waals surface area contributed by atoms with Crippen molar-refractivity contribution < 1.29 is 0 Å². The van der Waals surface area contributed by atoms with E-state index in [2.05, 4.69) is 51.9 Å². The molecule has 0 aromatic carbocycles. The summed E-state index contributed by atoms with van der Waals surface area (Å²) in [5, 5.41) is 3.43. The van der Waals surface area contributed by atoms with Crippen LogP contribution in [0, 0.1) is 16.7 Å². The summed E-state index contributed by atoms with van der Waals surface area (Å²) in [7, 11) is 2.10. The minimum absolute atomic E-state index is 0.534. The maximum absolute atomic E-state index is 3.43. The molecule has 0 spiro atoms. The third-order valence-electron chi connectivity index (χ3n) is 6.16. The number of piperidine rings is 1. The maximum Gasteiger partial charge on any atom is 0.00910 e. The molecule has 2 heteroatoms. The molecule has 0 amide bonds. The van der Waals surface area contributed by atoms with Crippen molar-refractivity contribution in [3.63, 3.8) is 0 Å². The van der Waals surface area contributed by atoms with E-state index >= 15 is 0 Å². The number of hydrogen-bond acceptors (Lipinski definition) is 2. The predicted octanol–water partition coefficient (Wildman–Crippen LogP) is 2.74. The molecule has 2 nitrogen and oxygen atoms in total. The molecule has 2 unspecified atom stereocenters. The van der Waals surface area contributed by atoms with Gasteiger partial charge in [-0.2, -0.15) is 0 Å². The quantitative estimate of drug-likeness (QED) is 0.813. The van der Waals surface area contributed by atoms with Crippen LogP contribution in [0.15, 0.2) is 0 Å². The minimum atomic E-state index is 0.534. The third kappa shape index (κ3) is 2.15. The Balaban J connectivity index is 1.90. The van der Waals surface area contributed by atoms with Crippen LogP contribution in [0.3, 0.4) is 0 Å². The molecule has 0 radical (unpaired) electrons. The summed E-state index contributed by atoms with van der Waals surface area (Å²) >= 11 is 0. The first-order valence-electron chi connectivity index (χ1n) is 7.22. The normalized spacial score (nSPS) is 37.1. The van der Waals surface area contributed by atoms with Crippen LogP contribution < -0.4 is 5.32 Å². The third-order valence-corrected chi connectivity index (χ3v) is 6.16. The first kappa shape index (κ1) is 13.4.